The molecule has 2 aliphatic rings. The summed E-state index contributed by atoms with van der Waals surface area (Å²) in [7, 11) is 0. The second-order valence-corrected chi connectivity index (χ2v) is 4.16. The molecule has 0 aromatic heterocycles. The van der Waals surface area contributed by atoms with Crippen LogP contribution in [0.5, 0.6) is 0 Å². The van der Waals surface area contributed by atoms with Crippen molar-refractivity contribution in [2.24, 2.45) is 5.41 Å². The van der Waals surface area contributed by atoms with Crippen LogP contribution >= 0.6 is 0 Å². The molecule has 0 saturated carbocycles. The van der Waals surface area contributed by atoms with Crippen molar-refractivity contribution in [1.82, 2.24) is 0 Å². The van der Waals surface area contributed by atoms with Crippen LogP contribution in [-0.2, 0) is 23.7 Å². The maximum absolute atomic E-state index is 11.9. The predicted molar refractivity (Wildman–Crippen MR) is 46.6 cm³/mol. The van der Waals surface area contributed by atoms with E-state index in [0.29, 0.717) is 13.2 Å². The highest BCUT2D eigenvalue weighted by Gasteiger charge is 2.44. The molecular formula is C9H13F3O5. The molecule has 0 aromatic carbocycles. The predicted octanol–water partition coefficient (Wildman–Crippen LogP) is 1.23. The summed E-state index contributed by atoms with van der Waals surface area (Å²) in [5.74, 6) is 0. The molecule has 2 fully saturated rings. The first-order valence-corrected chi connectivity index (χ1v) is 5.10. The van der Waals surface area contributed by atoms with Gasteiger partial charge in [-0.3, -0.25) is 0 Å². The van der Waals surface area contributed by atoms with Crippen LogP contribution < -0.4 is 0 Å². The molecule has 0 bridgehead atoms. The van der Waals surface area contributed by atoms with Crippen LogP contribution in [0.25, 0.3) is 0 Å². The molecule has 2 heterocycles. The van der Waals surface area contributed by atoms with E-state index in [1.807, 2.05) is 0 Å². The zero-order valence-electron chi connectivity index (χ0n) is 9.16. The standard InChI is InChI=1S/C9H13F3O5/c1-6-13-2-8(3-14-6)4-15-7(16-5-8)17-9(10,11)12/h6-7H,2-5H2,1H3. The third-order valence-corrected chi connectivity index (χ3v) is 2.53. The van der Waals surface area contributed by atoms with Gasteiger partial charge in [0.2, 0.25) is 0 Å². The van der Waals surface area contributed by atoms with Crippen LogP contribution in [0.2, 0.25) is 0 Å². The van der Waals surface area contributed by atoms with Gasteiger partial charge in [-0.2, -0.15) is 0 Å². The van der Waals surface area contributed by atoms with E-state index in [0.717, 1.165) is 0 Å². The van der Waals surface area contributed by atoms with Crippen molar-refractivity contribution in [3.63, 3.8) is 0 Å². The molecule has 0 aliphatic carbocycles. The summed E-state index contributed by atoms with van der Waals surface area (Å²) in [6.07, 6.45) is -5.09. The lowest BCUT2D eigenvalue weighted by Gasteiger charge is -2.42. The lowest BCUT2D eigenvalue weighted by atomic mass is 9.91. The zero-order chi connectivity index (χ0) is 12.5. The molecule has 0 N–H and O–H groups in total. The van der Waals surface area contributed by atoms with Crippen LogP contribution in [0.3, 0.4) is 0 Å². The quantitative estimate of drug-likeness (QED) is 0.708. The van der Waals surface area contributed by atoms with Crippen LogP contribution in [0.1, 0.15) is 6.92 Å². The van der Waals surface area contributed by atoms with E-state index in [1.165, 1.54) is 0 Å². The minimum absolute atomic E-state index is 0.0421. The van der Waals surface area contributed by atoms with Crippen molar-refractivity contribution in [2.45, 2.75) is 26.1 Å². The van der Waals surface area contributed by atoms with Crippen LogP contribution in [-0.4, -0.2) is 45.6 Å². The number of hydrogen-bond acceptors (Lipinski definition) is 5. The number of rotatable bonds is 1. The normalized spacial score (nSPS) is 39.5. The molecule has 0 aromatic rings. The Morgan fingerprint density at radius 2 is 1.47 bits per heavy atom. The Balaban J connectivity index is 1.81. The van der Waals surface area contributed by atoms with Gasteiger partial charge in [0.15, 0.2) is 6.29 Å². The van der Waals surface area contributed by atoms with Gasteiger partial charge in [-0.1, -0.05) is 0 Å². The van der Waals surface area contributed by atoms with Crippen LogP contribution in [0, 0.1) is 5.41 Å². The fourth-order valence-corrected chi connectivity index (χ4v) is 1.60. The van der Waals surface area contributed by atoms with Crippen molar-refractivity contribution in [3.05, 3.63) is 0 Å². The second kappa shape index (κ2) is 4.69. The summed E-state index contributed by atoms with van der Waals surface area (Å²) in [5, 5.41) is 0. The maximum Gasteiger partial charge on any atom is 0.526 e. The van der Waals surface area contributed by atoms with Gasteiger partial charge in [0.05, 0.1) is 31.8 Å². The molecule has 8 heteroatoms. The van der Waals surface area contributed by atoms with E-state index in [9.17, 15) is 13.2 Å². The summed E-state index contributed by atoms with van der Waals surface area (Å²) in [6.45, 7) is 0.772. The first kappa shape index (κ1) is 13.0. The van der Waals surface area contributed by atoms with Gasteiger partial charge in [-0.05, 0) is 6.92 Å². The molecule has 2 rings (SSSR count). The highest BCUT2D eigenvalue weighted by Crippen LogP contribution is 2.32. The first-order valence-electron chi connectivity index (χ1n) is 5.10. The van der Waals surface area contributed by atoms with Gasteiger partial charge in [0.1, 0.15) is 0 Å². The molecule has 0 radical (unpaired) electrons. The highest BCUT2D eigenvalue weighted by molar-refractivity contribution is 4.83. The van der Waals surface area contributed by atoms with Gasteiger partial charge in [-0.25, -0.2) is 4.74 Å². The monoisotopic (exact) mass is 258 g/mol. The Morgan fingerprint density at radius 1 is 1.00 bits per heavy atom. The Bertz CT molecular complexity index is 252. The first-order chi connectivity index (χ1) is 7.89. The zero-order valence-corrected chi connectivity index (χ0v) is 9.16. The Hall–Kier alpha value is -0.410. The lowest BCUT2D eigenvalue weighted by molar-refractivity contribution is -0.454. The minimum Gasteiger partial charge on any atom is -0.352 e. The van der Waals surface area contributed by atoms with Crippen molar-refractivity contribution in [3.8, 4) is 0 Å². The van der Waals surface area contributed by atoms with E-state index in [1.54, 1.807) is 6.92 Å². The number of hydrogen-bond donors (Lipinski definition) is 0. The number of halogens is 3. The molecule has 2 aliphatic heterocycles. The summed E-state index contributed by atoms with van der Waals surface area (Å²) >= 11 is 0. The third-order valence-electron chi connectivity index (χ3n) is 2.53. The van der Waals surface area contributed by atoms with Crippen LogP contribution in [0.15, 0.2) is 0 Å². The van der Waals surface area contributed by atoms with E-state index < -0.39 is 18.3 Å². The largest absolute Gasteiger partial charge is 0.526 e. The fraction of sp³-hybridized carbons (Fsp3) is 1.00. The third kappa shape index (κ3) is 3.52. The summed E-state index contributed by atoms with van der Waals surface area (Å²) in [6, 6.07) is 0. The Morgan fingerprint density at radius 3 is 1.94 bits per heavy atom. The SMILES string of the molecule is CC1OCC2(CO1)COC(OC(F)(F)F)OC2. The summed E-state index contributed by atoms with van der Waals surface area (Å²) < 4.78 is 59.5. The number of ether oxygens (including phenoxy) is 5. The molecule has 100 valence electrons. The van der Waals surface area contributed by atoms with Crippen molar-refractivity contribution in [1.29, 1.82) is 0 Å². The Kier molecular flexibility index (Phi) is 3.60. The molecule has 0 atom stereocenters. The number of alkyl halides is 3. The minimum atomic E-state index is -4.77. The van der Waals surface area contributed by atoms with Gasteiger partial charge in [-0.15, -0.1) is 13.2 Å². The fourth-order valence-electron chi connectivity index (χ4n) is 1.60. The second-order valence-electron chi connectivity index (χ2n) is 4.16. The van der Waals surface area contributed by atoms with E-state index >= 15 is 0 Å². The van der Waals surface area contributed by atoms with E-state index in [4.69, 9.17) is 18.9 Å². The van der Waals surface area contributed by atoms with E-state index in [-0.39, 0.29) is 19.5 Å². The van der Waals surface area contributed by atoms with Crippen molar-refractivity contribution >= 4 is 0 Å². The molecule has 17 heavy (non-hydrogen) atoms. The highest BCUT2D eigenvalue weighted by atomic mass is 19.4. The van der Waals surface area contributed by atoms with Gasteiger partial charge in [0.25, 0.3) is 6.48 Å². The van der Waals surface area contributed by atoms with Crippen molar-refractivity contribution < 1.29 is 36.9 Å². The average Bonchev–Trinajstić information content (AvgIpc) is 2.24. The van der Waals surface area contributed by atoms with Gasteiger partial charge >= 0.3 is 6.36 Å². The molecular weight excluding hydrogens is 245 g/mol. The van der Waals surface area contributed by atoms with Gasteiger partial charge < -0.3 is 18.9 Å². The topological polar surface area (TPSA) is 46.2 Å². The van der Waals surface area contributed by atoms with Crippen LogP contribution in [0.4, 0.5) is 13.2 Å². The summed E-state index contributed by atoms with van der Waals surface area (Å²) in [4.78, 5) is 0. The molecule has 0 amide bonds. The molecule has 1 spiro atoms. The van der Waals surface area contributed by atoms with Gasteiger partial charge in [0, 0.05) is 0 Å². The Labute approximate surface area is 95.7 Å². The molecule has 0 unspecified atom stereocenters. The van der Waals surface area contributed by atoms with E-state index in [2.05, 4.69) is 4.74 Å². The maximum atomic E-state index is 11.9. The molecule has 5 nitrogen and oxygen atoms in total. The average molecular weight is 258 g/mol. The smallest absolute Gasteiger partial charge is 0.352 e. The lowest BCUT2D eigenvalue weighted by Crippen LogP contribution is -2.52. The van der Waals surface area contributed by atoms with Crippen molar-refractivity contribution in [2.75, 3.05) is 26.4 Å². The summed E-state index contributed by atoms with van der Waals surface area (Å²) in [5.41, 5.74) is -0.544. The molecule has 2 saturated heterocycles.